The number of rotatable bonds is 3. The van der Waals surface area contributed by atoms with Crippen molar-refractivity contribution in [1.82, 2.24) is 5.32 Å². The Bertz CT molecular complexity index is 525. The fraction of sp³-hybridized carbons (Fsp3) is 0.562. The molecule has 1 fully saturated rings. The molecule has 1 aromatic rings. The van der Waals surface area contributed by atoms with Crippen LogP contribution in [0.15, 0.2) is 18.2 Å². The van der Waals surface area contributed by atoms with Gasteiger partial charge >= 0.3 is 5.97 Å². The van der Waals surface area contributed by atoms with Crippen molar-refractivity contribution in [3.8, 4) is 0 Å². The van der Waals surface area contributed by atoms with Crippen LogP contribution in [-0.2, 0) is 17.6 Å². The molecule has 0 heterocycles. The zero-order chi connectivity index (χ0) is 14.2. The van der Waals surface area contributed by atoms with Crippen molar-refractivity contribution < 1.29 is 9.90 Å². The number of carboxylic acid groups (broad SMARTS) is 1. The lowest BCUT2D eigenvalue weighted by molar-refractivity contribution is -0.145. The molecule has 20 heavy (non-hydrogen) atoms. The van der Waals surface area contributed by atoms with E-state index in [2.05, 4.69) is 5.32 Å². The number of hydrogen-bond acceptors (Lipinski definition) is 2. The predicted octanol–water partition coefficient (Wildman–Crippen LogP) is 3.18. The topological polar surface area (TPSA) is 49.3 Å². The van der Waals surface area contributed by atoms with Gasteiger partial charge in [0.15, 0.2) is 0 Å². The van der Waals surface area contributed by atoms with Gasteiger partial charge in [0.2, 0.25) is 0 Å². The van der Waals surface area contributed by atoms with Crippen LogP contribution in [0.3, 0.4) is 0 Å². The number of carboxylic acids is 1. The molecule has 1 unspecified atom stereocenters. The molecule has 0 aromatic heterocycles. The normalized spacial score (nSPS) is 26.4. The Kier molecular flexibility index (Phi) is 3.74. The Morgan fingerprint density at radius 2 is 1.90 bits per heavy atom. The third kappa shape index (κ3) is 2.57. The molecule has 2 aliphatic rings. The van der Waals surface area contributed by atoms with Gasteiger partial charge in [-0.15, -0.1) is 0 Å². The number of hydrogen-bond donors (Lipinski definition) is 2. The maximum absolute atomic E-state index is 11.9. The molecule has 3 nitrogen and oxygen atoms in total. The number of carbonyl (C=O) groups is 1. The molecule has 2 aliphatic carbocycles. The van der Waals surface area contributed by atoms with E-state index in [1.165, 1.54) is 19.3 Å². The highest BCUT2D eigenvalue weighted by Gasteiger charge is 2.45. The average molecular weight is 294 g/mol. The van der Waals surface area contributed by atoms with Crippen LogP contribution >= 0.6 is 11.6 Å². The molecule has 0 spiro atoms. The minimum Gasteiger partial charge on any atom is -0.480 e. The maximum Gasteiger partial charge on any atom is 0.324 e. The van der Waals surface area contributed by atoms with Gasteiger partial charge in [-0.05, 0) is 36.1 Å². The van der Waals surface area contributed by atoms with E-state index < -0.39 is 11.5 Å². The van der Waals surface area contributed by atoms with Gasteiger partial charge < -0.3 is 5.11 Å². The highest BCUT2D eigenvalue weighted by molar-refractivity contribution is 6.30. The van der Waals surface area contributed by atoms with E-state index in [0.29, 0.717) is 23.9 Å². The first-order chi connectivity index (χ1) is 9.59. The molecule has 2 N–H and O–H groups in total. The van der Waals surface area contributed by atoms with Gasteiger partial charge in [0.1, 0.15) is 5.54 Å². The summed E-state index contributed by atoms with van der Waals surface area (Å²) < 4.78 is 0. The average Bonchev–Trinajstić information content (AvgIpc) is 2.78. The molecule has 1 saturated carbocycles. The van der Waals surface area contributed by atoms with E-state index >= 15 is 0 Å². The third-order valence-corrected chi connectivity index (χ3v) is 4.88. The van der Waals surface area contributed by atoms with Gasteiger partial charge in [0, 0.05) is 23.9 Å². The van der Waals surface area contributed by atoms with Crippen molar-refractivity contribution in [3.05, 3.63) is 34.3 Å². The summed E-state index contributed by atoms with van der Waals surface area (Å²) in [5.41, 5.74) is 1.35. The molecule has 0 saturated heterocycles. The largest absolute Gasteiger partial charge is 0.480 e. The number of benzene rings is 1. The van der Waals surface area contributed by atoms with Crippen LogP contribution in [0.2, 0.25) is 5.02 Å². The zero-order valence-electron chi connectivity index (χ0n) is 11.5. The number of aliphatic carboxylic acids is 1. The van der Waals surface area contributed by atoms with E-state index in [1.54, 1.807) is 0 Å². The zero-order valence-corrected chi connectivity index (χ0v) is 12.2. The van der Waals surface area contributed by atoms with E-state index in [-0.39, 0.29) is 0 Å². The Morgan fingerprint density at radius 3 is 2.60 bits per heavy atom. The lowest BCUT2D eigenvalue weighted by Crippen LogP contribution is -2.57. The maximum atomic E-state index is 11.9. The van der Waals surface area contributed by atoms with Crippen LogP contribution in [-0.4, -0.2) is 22.7 Å². The first-order valence-corrected chi connectivity index (χ1v) is 7.75. The van der Waals surface area contributed by atoms with Crippen molar-refractivity contribution in [2.45, 2.75) is 56.5 Å². The number of fused-ring (bicyclic) bond motifs is 1. The molecular weight excluding hydrogens is 274 g/mol. The molecular formula is C16H20ClNO2. The minimum absolute atomic E-state index is 0.338. The predicted molar refractivity (Wildman–Crippen MR) is 79.2 cm³/mol. The van der Waals surface area contributed by atoms with Crippen LogP contribution in [0.5, 0.6) is 0 Å². The molecule has 1 atom stereocenters. The van der Waals surface area contributed by atoms with Gasteiger partial charge in [-0.3, -0.25) is 10.1 Å². The molecule has 1 aromatic carbocycles. The summed E-state index contributed by atoms with van der Waals surface area (Å²) in [6, 6.07) is 6.05. The van der Waals surface area contributed by atoms with E-state index in [4.69, 9.17) is 11.6 Å². The molecule has 108 valence electrons. The summed E-state index contributed by atoms with van der Waals surface area (Å²) in [7, 11) is 0. The first kappa shape index (κ1) is 13.9. The quantitative estimate of drug-likeness (QED) is 0.900. The summed E-state index contributed by atoms with van der Waals surface area (Å²) in [5, 5.41) is 13.9. The van der Waals surface area contributed by atoms with Gasteiger partial charge in [0.05, 0.1) is 0 Å². The van der Waals surface area contributed by atoms with Gasteiger partial charge in [-0.1, -0.05) is 36.9 Å². The van der Waals surface area contributed by atoms with Gasteiger partial charge in [-0.2, -0.15) is 0 Å². The molecule has 4 heteroatoms. The van der Waals surface area contributed by atoms with Crippen molar-refractivity contribution in [1.29, 1.82) is 0 Å². The monoisotopic (exact) mass is 293 g/mol. The standard InChI is InChI=1S/C16H20ClNO2/c17-13-7-6-11-9-16(15(19)20,10-12(11)8-13)18-14-4-2-1-3-5-14/h6-8,14,18H,1-5,9-10H2,(H,19,20). The third-order valence-electron chi connectivity index (χ3n) is 4.65. The Labute approximate surface area is 124 Å². The fourth-order valence-corrected chi connectivity index (χ4v) is 3.79. The summed E-state index contributed by atoms with van der Waals surface area (Å²) in [6.45, 7) is 0. The summed E-state index contributed by atoms with van der Waals surface area (Å²) in [6.07, 6.45) is 6.95. The molecule has 0 bridgehead atoms. The minimum atomic E-state index is -0.838. The second-order valence-corrected chi connectivity index (χ2v) is 6.57. The Balaban J connectivity index is 1.82. The molecule has 0 aliphatic heterocycles. The summed E-state index contributed by atoms with van der Waals surface area (Å²) in [4.78, 5) is 11.9. The molecule has 3 rings (SSSR count). The Hall–Kier alpha value is -1.06. The molecule has 0 radical (unpaired) electrons. The van der Waals surface area contributed by atoms with Crippen LogP contribution in [0, 0.1) is 0 Å². The van der Waals surface area contributed by atoms with E-state index in [0.717, 1.165) is 24.0 Å². The van der Waals surface area contributed by atoms with Gasteiger partial charge in [0.25, 0.3) is 0 Å². The second kappa shape index (κ2) is 5.38. The SMILES string of the molecule is O=C(O)C1(NC2CCCCC2)Cc2ccc(Cl)cc2C1. The van der Waals surface area contributed by atoms with Crippen molar-refractivity contribution in [3.63, 3.8) is 0 Å². The van der Waals surface area contributed by atoms with Gasteiger partial charge in [-0.25, -0.2) is 0 Å². The lowest BCUT2D eigenvalue weighted by Gasteiger charge is -2.33. The second-order valence-electron chi connectivity index (χ2n) is 6.13. The highest BCUT2D eigenvalue weighted by Crippen LogP contribution is 2.34. The van der Waals surface area contributed by atoms with Crippen LogP contribution < -0.4 is 5.32 Å². The molecule has 0 amide bonds. The smallest absolute Gasteiger partial charge is 0.324 e. The van der Waals surface area contributed by atoms with Crippen molar-refractivity contribution in [2.75, 3.05) is 0 Å². The fourth-order valence-electron chi connectivity index (χ4n) is 3.60. The van der Waals surface area contributed by atoms with E-state index in [1.807, 2.05) is 18.2 Å². The van der Waals surface area contributed by atoms with Crippen molar-refractivity contribution in [2.24, 2.45) is 0 Å². The lowest BCUT2D eigenvalue weighted by atomic mass is 9.89. The summed E-state index contributed by atoms with van der Waals surface area (Å²) in [5.74, 6) is -0.740. The Morgan fingerprint density at radius 1 is 1.20 bits per heavy atom. The number of halogens is 1. The summed E-state index contributed by atoms with van der Waals surface area (Å²) >= 11 is 6.02. The van der Waals surface area contributed by atoms with Crippen LogP contribution in [0.4, 0.5) is 0 Å². The van der Waals surface area contributed by atoms with Crippen molar-refractivity contribution >= 4 is 17.6 Å². The van der Waals surface area contributed by atoms with E-state index in [9.17, 15) is 9.90 Å². The number of nitrogens with one attached hydrogen (secondary N) is 1. The van der Waals surface area contributed by atoms with Crippen LogP contribution in [0.1, 0.15) is 43.2 Å². The highest BCUT2D eigenvalue weighted by atomic mass is 35.5. The van der Waals surface area contributed by atoms with Crippen LogP contribution in [0.25, 0.3) is 0 Å². The first-order valence-electron chi connectivity index (χ1n) is 7.37.